The molecule has 3 aromatic rings. The first-order valence-electron chi connectivity index (χ1n) is 10.9. The molecule has 4 rings (SSSR count). The van der Waals surface area contributed by atoms with Crippen LogP contribution in [-0.4, -0.2) is 52.6 Å². The number of nitrogens with two attached hydrogens (primary N) is 1. The second-order valence-electron chi connectivity index (χ2n) is 8.72. The summed E-state index contributed by atoms with van der Waals surface area (Å²) in [5.41, 5.74) is 9.29. The van der Waals surface area contributed by atoms with E-state index in [1.807, 2.05) is 62.1 Å². The number of morpholine rings is 1. The molecule has 0 spiro atoms. The van der Waals surface area contributed by atoms with Gasteiger partial charge in [0.05, 0.1) is 31.4 Å². The summed E-state index contributed by atoms with van der Waals surface area (Å²) in [5.74, 6) is 1.05. The Hall–Kier alpha value is -3.52. The van der Waals surface area contributed by atoms with Crippen molar-refractivity contribution in [1.82, 2.24) is 19.9 Å². The first kappa shape index (κ1) is 22.7. The summed E-state index contributed by atoms with van der Waals surface area (Å²) in [6, 6.07) is 11.6. The van der Waals surface area contributed by atoms with Gasteiger partial charge in [0.25, 0.3) is 0 Å². The molecule has 0 bridgehead atoms. The number of ether oxygens (including phenoxy) is 2. The van der Waals surface area contributed by atoms with Gasteiger partial charge in [-0.3, -0.25) is 9.78 Å². The average Bonchev–Trinajstić information content (AvgIpc) is 2.83. The fourth-order valence-electron chi connectivity index (χ4n) is 4.05. The van der Waals surface area contributed by atoms with Crippen LogP contribution in [0.2, 0.25) is 0 Å². The van der Waals surface area contributed by atoms with Crippen LogP contribution in [-0.2, 0) is 14.9 Å². The molecular weight excluding hydrogens is 418 g/mol. The van der Waals surface area contributed by atoms with Crippen molar-refractivity contribution in [3.8, 4) is 16.9 Å². The minimum absolute atomic E-state index is 0.0563. The van der Waals surface area contributed by atoms with Gasteiger partial charge in [-0.1, -0.05) is 12.1 Å². The Morgan fingerprint density at radius 1 is 1.15 bits per heavy atom. The highest BCUT2D eigenvalue weighted by atomic mass is 16.5. The highest BCUT2D eigenvalue weighted by Gasteiger charge is 2.37. The van der Waals surface area contributed by atoms with E-state index < -0.39 is 5.41 Å². The van der Waals surface area contributed by atoms with Crippen LogP contribution < -0.4 is 10.5 Å². The molecule has 1 fully saturated rings. The second-order valence-corrected chi connectivity index (χ2v) is 8.72. The summed E-state index contributed by atoms with van der Waals surface area (Å²) in [4.78, 5) is 28.3. The number of rotatable bonds is 5. The smallest absolute Gasteiger partial charge is 0.232 e. The second kappa shape index (κ2) is 9.15. The van der Waals surface area contributed by atoms with Crippen molar-refractivity contribution >= 4 is 11.9 Å². The summed E-state index contributed by atoms with van der Waals surface area (Å²) >= 11 is 0. The molecule has 8 heteroatoms. The van der Waals surface area contributed by atoms with Crippen LogP contribution in [0.5, 0.6) is 5.75 Å². The molecule has 2 N–H and O–H groups in total. The van der Waals surface area contributed by atoms with Gasteiger partial charge < -0.3 is 20.1 Å². The number of amides is 1. The largest absolute Gasteiger partial charge is 0.497 e. The van der Waals surface area contributed by atoms with Crippen LogP contribution >= 0.6 is 0 Å². The number of anilines is 1. The monoisotopic (exact) mass is 447 g/mol. The number of methoxy groups -OCH3 is 1. The number of pyridine rings is 1. The molecule has 1 aliphatic heterocycles. The van der Waals surface area contributed by atoms with Crippen LogP contribution in [0.1, 0.15) is 36.9 Å². The summed E-state index contributed by atoms with van der Waals surface area (Å²) in [6.45, 7) is 7.26. The number of nitrogens with zero attached hydrogens (tertiary/aromatic N) is 4. The lowest BCUT2D eigenvalue weighted by Crippen LogP contribution is -2.49. The van der Waals surface area contributed by atoms with Crippen LogP contribution in [0.15, 0.2) is 48.8 Å². The Bertz CT molecular complexity index is 1130. The van der Waals surface area contributed by atoms with E-state index in [1.54, 1.807) is 19.5 Å². The molecule has 0 saturated carbocycles. The van der Waals surface area contributed by atoms with Crippen molar-refractivity contribution in [1.29, 1.82) is 0 Å². The first-order valence-corrected chi connectivity index (χ1v) is 10.9. The van der Waals surface area contributed by atoms with Gasteiger partial charge in [-0.25, -0.2) is 9.97 Å². The predicted molar refractivity (Wildman–Crippen MR) is 126 cm³/mol. The van der Waals surface area contributed by atoms with Crippen molar-refractivity contribution in [2.75, 3.05) is 32.5 Å². The van der Waals surface area contributed by atoms with Gasteiger partial charge >= 0.3 is 0 Å². The normalized spacial score (nSPS) is 16.5. The molecule has 0 aliphatic carbocycles. The standard InChI is InChI=1S/C25H29N5O3/c1-16-11-17(18-13-27-24(26)28-14-18)12-21(29-16)22-15-30(9-10-33-22)23(31)25(2,3)19-5-7-20(32-4)8-6-19/h5-8,11-14,22H,9-10,15H2,1-4H3,(H2,26,27,28)/t22-/m1/s1. The van der Waals surface area contributed by atoms with Gasteiger partial charge in [0.2, 0.25) is 11.9 Å². The molecule has 0 radical (unpaired) electrons. The van der Waals surface area contributed by atoms with Crippen LogP contribution in [0, 0.1) is 6.92 Å². The third kappa shape index (κ3) is 4.80. The van der Waals surface area contributed by atoms with E-state index >= 15 is 0 Å². The zero-order chi connectivity index (χ0) is 23.6. The van der Waals surface area contributed by atoms with E-state index in [4.69, 9.17) is 20.2 Å². The van der Waals surface area contributed by atoms with E-state index in [-0.39, 0.29) is 18.0 Å². The molecule has 1 aromatic carbocycles. The highest BCUT2D eigenvalue weighted by molar-refractivity contribution is 5.87. The highest BCUT2D eigenvalue weighted by Crippen LogP contribution is 2.31. The number of aryl methyl sites for hydroxylation is 1. The van der Waals surface area contributed by atoms with Gasteiger partial charge in [0.15, 0.2) is 0 Å². The number of hydrogen-bond donors (Lipinski definition) is 1. The minimum atomic E-state index is -0.680. The quantitative estimate of drug-likeness (QED) is 0.640. The zero-order valence-corrected chi connectivity index (χ0v) is 19.4. The summed E-state index contributed by atoms with van der Waals surface area (Å²) in [5, 5.41) is 0. The van der Waals surface area contributed by atoms with Gasteiger partial charge in [-0.15, -0.1) is 0 Å². The first-order chi connectivity index (χ1) is 15.8. The summed E-state index contributed by atoms with van der Waals surface area (Å²) in [7, 11) is 1.63. The minimum Gasteiger partial charge on any atom is -0.497 e. The number of hydrogen-bond acceptors (Lipinski definition) is 7. The van der Waals surface area contributed by atoms with Crippen molar-refractivity contribution in [3.63, 3.8) is 0 Å². The van der Waals surface area contributed by atoms with E-state index in [1.165, 1.54) is 0 Å². The number of benzene rings is 1. The maximum atomic E-state index is 13.5. The summed E-state index contributed by atoms with van der Waals surface area (Å²) < 4.78 is 11.3. The van der Waals surface area contributed by atoms with Crippen molar-refractivity contribution in [3.05, 3.63) is 65.7 Å². The molecule has 2 aromatic heterocycles. The number of carbonyl (C=O) groups is 1. The SMILES string of the molecule is COc1ccc(C(C)(C)C(=O)N2CCO[C@@H](c3cc(-c4cnc(N)nc4)cc(C)n3)C2)cc1. The molecule has 172 valence electrons. The maximum Gasteiger partial charge on any atom is 0.232 e. The van der Waals surface area contributed by atoms with Gasteiger partial charge in [-0.2, -0.15) is 0 Å². The molecule has 1 saturated heterocycles. The zero-order valence-electron chi connectivity index (χ0n) is 19.4. The average molecular weight is 448 g/mol. The molecule has 1 aliphatic rings. The van der Waals surface area contributed by atoms with Gasteiger partial charge in [0, 0.05) is 30.2 Å². The number of aromatic nitrogens is 3. The lowest BCUT2D eigenvalue weighted by Gasteiger charge is -2.37. The van der Waals surface area contributed by atoms with Crippen molar-refractivity contribution < 1.29 is 14.3 Å². The molecule has 3 heterocycles. The van der Waals surface area contributed by atoms with E-state index in [0.717, 1.165) is 33.8 Å². The molecule has 33 heavy (non-hydrogen) atoms. The predicted octanol–water partition coefficient (Wildman–Crippen LogP) is 3.32. The topological polar surface area (TPSA) is 103 Å². The Morgan fingerprint density at radius 2 is 1.85 bits per heavy atom. The lowest BCUT2D eigenvalue weighted by molar-refractivity contribution is -0.144. The molecule has 8 nitrogen and oxygen atoms in total. The van der Waals surface area contributed by atoms with Gasteiger partial charge in [0.1, 0.15) is 11.9 Å². The van der Waals surface area contributed by atoms with Crippen molar-refractivity contribution in [2.24, 2.45) is 0 Å². The molecule has 1 atom stereocenters. The number of nitrogen functional groups attached to an aromatic ring is 1. The fourth-order valence-corrected chi connectivity index (χ4v) is 4.05. The number of carbonyl (C=O) groups excluding carboxylic acids is 1. The Kier molecular flexibility index (Phi) is 6.29. The Labute approximate surface area is 193 Å². The Balaban J connectivity index is 1.55. The molecular formula is C25H29N5O3. The fraction of sp³-hybridized carbons (Fsp3) is 0.360. The van der Waals surface area contributed by atoms with E-state index in [9.17, 15) is 4.79 Å². The lowest BCUT2D eigenvalue weighted by atomic mass is 9.83. The summed E-state index contributed by atoms with van der Waals surface area (Å²) in [6.07, 6.45) is 3.06. The third-order valence-electron chi connectivity index (χ3n) is 6.01. The van der Waals surface area contributed by atoms with Gasteiger partial charge in [-0.05, 0) is 56.2 Å². The van der Waals surface area contributed by atoms with Crippen LogP contribution in [0.4, 0.5) is 5.95 Å². The van der Waals surface area contributed by atoms with Crippen molar-refractivity contribution in [2.45, 2.75) is 32.3 Å². The molecule has 1 amide bonds. The van der Waals surface area contributed by atoms with Crippen LogP contribution in [0.3, 0.4) is 0 Å². The van der Waals surface area contributed by atoms with Crippen LogP contribution in [0.25, 0.3) is 11.1 Å². The third-order valence-corrected chi connectivity index (χ3v) is 6.01. The molecule has 0 unspecified atom stereocenters. The Morgan fingerprint density at radius 3 is 2.52 bits per heavy atom. The maximum absolute atomic E-state index is 13.5. The van der Waals surface area contributed by atoms with E-state index in [0.29, 0.717) is 19.7 Å². The van der Waals surface area contributed by atoms with E-state index in [2.05, 4.69) is 9.97 Å².